The van der Waals surface area contributed by atoms with Crippen molar-refractivity contribution in [3.8, 4) is 34.2 Å². The Morgan fingerprint density at radius 2 is 1.79 bits per heavy atom. The van der Waals surface area contributed by atoms with Crippen LogP contribution in [0, 0.1) is 6.92 Å². The van der Waals surface area contributed by atoms with E-state index in [0.717, 1.165) is 11.3 Å². The highest BCUT2D eigenvalue weighted by Crippen LogP contribution is 2.34. The van der Waals surface area contributed by atoms with Gasteiger partial charge in [0.1, 0.15) is 11.4 Å². The number of benzene rings is 1. The number of aromatic amines is 1. The van der Waals surface area contributed by atoms with Gasteiger partial charge in [-0.1, -0.05) is 41.6 Å². The second-order valence-corrected chi connectivity index (χ2v) is 9.56. The highest BCUT2D eigenvalue weighted by atomic mass is 32.2. The van der Waals surface area contributed by atoms with Crippen LogP contribution in [-0.2, 0) is 4.79 Å². The molecule has 7 nitrogen and oxygen atoms in total. The third-order valence-corrected chi connectivity index (χ3v) is 6.69. The van der Waals surface area contributed by atoms with E-state index >= 15 is 0 Å². The molecule has 0 aliphatic heterocycles. The number of rotatable bonds is 7. The number of anilines is 1. The molecule has 1 unspecified atom stereocenters. The van der Waals surface area contributed by atoms with Crippen molar-refractivity contribution in [3.05, 3.63) is 72.0 Å². The van der Waals surface area contributed by atoms with E-state index in [2.05, 4.69) is 20.3 Å². The molecule has 0 fully saturated rings. The maximum atomic E-state index is 12.8. The average molecular weight is 477 g/mol. The van der Waals surface area contributed by atoms with E-state index in [4.69, 9.17) is 8.83 Å². The molecule has 0 saturated heterocycles. The predicted octanol–water partition coefficient (Wildman–Crippen LogP) is 6.48. The lowest BCUT2D eigenvalue weighted by Crippen LogP contribution is -2.22. The number of aromatic nitrogens is 3. The van der Waals surface area contributed by atoms with Gasteiger partial charge >= 0.3 is 0 Å². The summed E-state index contributed by atoms with van der Waals surface area (Å²) in [4.78, 5) is 25.3. The first-order chi connectivity index (χ1) is 16.1. The van der Waals surface area contributed by atoms with E-state index in [1.54, 1.807) is 18.6 Å². The molecule has 4 aromatic heterocycles. The third kappa shape index (κ3) is 4.64. The SMILES string of the molecule is Cc1ccc(-c2csc(NC(=O)C(C)Sc3nc(-c4ccco4)c(-c4ccco4)[nH]3)n2)cc1. The Morgan fingerprint density at radius 1 is 1.06 bits per heavy atom. The number of thiazole rings is 1. The fourth-order valence-corrected chi connectivity index (χ4v) is 4.74. The van der Waals surface area contributed by atoms with Gasteiger partial charge in [0.2, 0.25) is 5.91 Å². The Hall–Kier alpha value is -3.56. The summed E-state index contributed by atoms with van der Waals surface area (Å²) in [5.74, 6) is 1.11. The molecule has 1 atom stereocenters. The minimum Gasteiger partial charge on any atom is -0.463 e. The first kappa shape index (κ1) is 21.3. The molecule has 5 aromatic rings. The second-order valence-electron chi connectivity index (χ2n) is 7.37. The van der Waals surface area contributed by atoms with Gasteiger partial charge in [0.15, 0.2) is 21.8 Å². The summed E-state index contributed by atoms with van der Waals surface area (Å²) in [7, 11) is 0. The number of carbonyl (C=O) groups is 1. The van der Waals surface area contributed by atoms with E-state index < -0.39 is 5.25 Å². The minimum atomic E-state index is -0.406. The van der Waals surface area contributed by atoms with Crippen LogP contribution in [0.15, 0.2) is 80.4 Å². The summed E-state index contributed by atoms with van der Waals surface area (Å²) in [6.07, 6.45) is 3.20. The molecule has 0 radical (unpaired) electrons. The van der Waals surface area contributed by atoms with Crippen LogP contribution < -0.4 is 5.32 Å². The number of hydrogen-bond acceptors (Lipinski definition) is 7. The molecule has 1 amide bonds. The number of carbonyl (C=O) groups excluding carboxylic acids is 1. The Balaban J connectivity index is 1.30. The lowest BCUT2D eigenvalue weighted by Gasteiger charge is -2.08. The van der Waals surface area contributed by atoms with E-state index in [-0.39, 0.29) is 5.91 Å². The topological polar surface area (TPSA) is 97.0 Å². The summed E-state index contributed by atoms with van der Waals surface area (Å²) in [6, 6.07) is 15.4. The smallest absolute Gasteiger partial charge is 0.239 e. The fraction of sp³-hybridized carbons (Fsp3) is 0.125. The van der Waals surface area contributed by atoms with Crippen molar-refractivity contribution in [2.45, 2.75) is 24.3 Å². The molecule has 166 valence electrons. The summed E-state index contributed by atoms with van der Waals surface area (Å²) in [6.45, 7) is 3.87. The molecule has 0 saturated carbocycles. The molecular weight excluding hydrogens is 456 g/mol. The van der Waals surface area contributed by atoms with Crippen molar-refractivity contribution in [1.82, 2.24) is 15.0 Å². The Kier molecular flexibility index (Phi) is 5.89. The van der Waals surface area contributed by atoms with Gasteiger partial charge < -0.3 is 19.1 Å². The zero-order chi connectivity index (χ0) is 22.8. The number of amides is 1. The molecular formula is C24H20N4O3S2. The number of hydrogen-bond donors (Lipinski definition) is 2. The molecule has 4 heterocycles. The van der Waals surface area contributed by atoms with Crippen molar-refractivity contribution in [1.29, 1.82) is 0 Å². The first-order valence-electron chi connectivity index (χ1n) is 10.2. The standard InChI is InChI=1S/C24H20N4O3S2/c1-14-7-9-16(10-8-14)17-13-32-23(25-17)28-22(29)15(2)33-24-26-20(18-5-3-11-30-18)21(27-24)19-6-4-12-31-19/h3-13,15H,1-2H3,(H,26,27)(H,25,28,29). The maximum absolute atomic E-state index is 12.8. The number of nitrogens with one attached hydrogen (secondary N) is 2. The lowest BCUT2D eigenvalue weighted by molar-refractivity contribution is -0.115. The van der Waals surface area contributed by atoms with Gasteiger partial charge in [0.05, 0.1) is 23.5 Å². The van der Waals surface area contributed by atoms with Crippen LogP contribution in [0.2, 0.25) is 0 Å². The third-order valence-electron chi connectivity index (χ3n) is 4.94. The monoisotopic (exact) mass is 476 g/mol. The minimum absolute atomic E-state index is 0.152. The number of aryl methyl sites for hydroxylation is 1. The first-order valence-corrected chi connectivity index (χ1v) is 12.0. The van der Waals surface area contributed by atoms with E-state index in [9.17, 15) is 4.79 Å². The maximum Gasteiger partial charge on any atom is 0.239 e. The summed E-state index contributed by atoms with van der Waals surface area (Å²) in [5.41, 5.74) is 4.39. The number of H-pyrrole nitrogens is 1. The second kappa shape index (κ2) is 9.13. The highest BCUT2D eigenvalue weighted by molar-refractivity contribution is 8.00. The van der Waals surface area contributed by atoms with Gasteiger partial charge in [-0.05, 0) is 38.1 Å². The Labute approximate surface area is 198 Å². The average Bonchev–Trinajstić information content (AvgIpc) is 3.61. The molecule has 0 bridgehead atoms. The molecule has 2 N–H and O–H groups in total. The van der Waals surface area contributed by atoms with Crippen LogP contribution in [-0.4, -0.2) is 26.1 Å². The Morgan fingerprint density at radius 3 is 2.48 bits per heavy atom. The van der Waals surface area contributed by atoms with Crippen LogP contribution in [0.25, 0.3) is 34.2 Å². The largest absolute Gasteiger partial charge is 0.463 e. The number of furan rings is 2. The molecule has 0 aliphatic carbocycles. The van der Waals surface area contributed by atoms with Crippen molar-refractivity contribution in [3.63, 3.8) is 0 Å². The van der Waals surface area contributed by atoms with E-state index in [0.29, 0.717) is 33.2 Å². The summed E-state index contributed by atoms with van der Waals surface area (Å²) in [5, 5.41) is 5.60. The van der Waals surface area contributed by atoms with Gasteiger partial charge in [-0.3, -0.25) is 4.79 Å². The number of thioether (sulfide) groups is 1. The van der Waals surface area contributed by atoms with Crippen molar-refractivity contribution < 1.29 is 13.6 Å². The molecule has 0 spiro atoms. The zero-order valence-corrected chi connectivity index (χ0v) is 19.5. The highest BCUT2D eigenvalue weighted by Gasteiger charge is 2.22. The van der Waals surface area contributed by atoms with Crippen molar-refractivity contribution in [2.24, 2.45) is 0 Å². The predicted molar refractivity (Wildman–Crippen MR) is 130 cm³/mol. The summed E-state index contributed by atoms with van der Waals surface area (Å²) >= 11 is 2.72. The molecule has 0 aliphatic rings. The normalized spacial score (nSPS) is 12.1. The lowest BCUT2D eigenvalue weighted by atomic mass is 10.1. The molecule has 9 heteroatoms. The fourth-order valence-electron chi connectivity index (χ4n) is 3.21. The Bertz CT molecular complexity index is 1300. The number of imidazole rings is 1. The van der Waals surface area contributed by atoms with Crippen LogP contribution in [0.1, 0.15) is 12.5 Å². The van der Waals surface area contributed by atoms with Gasteiger partial charge in [-0.25, -0.2) is 9.97 Å². The molecule has 1 aromatic carbocycles. The van der Waals surface area contributed by atoms with Gasteiger partial charge in [-0.15, -0.1) is 11.3 Å². The van der Waals surface area contributed by atoms with Crippen LogP contribution >= 0.6 is 23.1 Å². The van der Waals surface area contributed by atoms with Crippen LogP contribution in [0.5, 0.6) is 0 Å². The number of nitrogens with zero attached hydrogens (tertiary/aromatic N) is 2. The zero-order valence-electron chi connectivity index (χ0n) is 17.9. The van der Waals surface area contributed by atoms with Gasteiger partial charge in [0.25, 0.3) is 0 Å². The van der Waals surface area contributed by atoms with Gasteiger partial charge in [0, 0.05) is 10.9 Å². The van der Waals surface area contributed by atoms with Crippen LogP contribution in [0.3, 0.4) is 0 Å². The van der Waals surface area contributed by atoms with E-state index in [1.165, 1.54) is 28.7 Å². The quantitative estimate of drug-likeness (QED) is 0.261. The van der Waals surface area contributed by atoms with E-state index in [1.807, 2.05) is 61.7 Å². The van der Waals surface area contributed by atoms with Crippen molar-refractivity contribution in [2.75, 3.05) is 5.32 Å². The van der Waals surface area contributed by atoms with Gasteiger partial charge in [-0.2, -0.15) is 0 Å². The summed E-state index contributed by atoms with van der Waals surface area (Å²) < 4.78 is 11.1. The van der Waals surface area contributed by atoms with Crippen molar-refractivity contribution >= 4 is 34.1 Å². The van der Waals surface area contributed by atoms with Crippen LogP contribution in [0.4, 0.5) is 5.13 Å². The molecule has 5 rings (SSSR count). The molecule has 33 heavy (non-hydrogen) atoms.